The monoisotopic (exact) mass is 236 g/mol. The standard InChI is InChI=1S/C11H9ClN2O2/c1-2-3-8-10(15)13-9-5-4-7(12)6-14(9)11(8)16/h2,4-6,15H,1,3H2. The predicted molar refractivity (Wildman–Crippen MR) is 62.0 cm³/mol. The molecule has 0 aliphatic heterocycles. The molecule has 2 heterocycles. The Bertz CT molecular complexity index is 619. The molecule has 0 unspecified atom stereocenters. The third-order valence-electron chi connectivity index (χ3n) is 2.21. The van der Waals surface area contributed by atoms with Crippen molar-refractivity contribution in [3.63, 3.8) is 0 Å². The molecule has 5 heteroatoms. The minimum absolute atomic E-state index is 0.217. The van der Waals surface area contributed by atoms with Crippen molar-refractivity contribution >= 4 is 17.2 Å². The molecule has 0 fully saturated rings. The van der Waals surface area contributed by atoms with Crippen molar-refractivity contribution in [2.45, 2.75) is 6.42 Å². The van der Waals surface area contributed by atoms with E-state index in [0.717, 1.165) is 0 Å². The van der Waals surface area contributed by atoms with Crippen LogP contribution >= 0.6 is 11.6 Å². The van der Waals surface area contributed by atoms with Crippen molar-refractivity contribution in [2.24, 2.45) is 0 Å². The van der Waals surface area contributed by atoms with Crippen molar-refractivity contribution in [1.82, 2.24) is 9.38 Å². The van der Waals surface area contributed by atoms with Gasteiger partial charge in [-0.05, 0) is 12.1 Å². The fourth-order valence-electron chi connectivity index (χ4n) is 1.46. The maximum Gasteiger partial charge on any atom is 0.265 e. The van der Waals surface area contributed by atoms with Gasteiger partial charge in [-0.1, -0.05) is 17.7 Å². The van der Waals surface area contributed by atoms with Gasteiger partial charge < -0.3 is 5.11 Å². The van der Waals surface area contributed by atoms with E-state index < -0.39 is 0 Å². The fourth-order valence-corrected chi connectivity index (χ4v) is 1.62. The van der Waals surface area contributed by atoms with Crippen LogP contribution in [0, 0.1) is 0 Å². The van der Waals surface area contributed by atoms with E-state index in [1.54, 1.807) is 12.1 Å². The maximum absolute atomic E-state index is 11.9. The molecule has 2 rings (SSSR count). The van der Waals surface area contributed by atoms with Crippen LogP contribution in [0.25, 0.3) is 5.65 Å². The van der Waals surface area contributed by atoms with Crippen molar-refractivity contribution in [3.05, 3.63) is 51.9 Å². The van der Waals surface area contributed by atoms with Gasteiger partial charge in [-0.15, -0.1) is 6.58 Å². The Labute approximate surface area is 96.4 Å². The number of aromatic nitrogens is 2. The SMILES string of the molecule is C=CCc1c(O)nc2ccc(Cl)cn2c1=O. The van der Waals surface area contributed by atoms with E-state index in [-0.39, 0.29) is 23.4 Å². The van der Waals surface area contributed by atoms with Gasteiger partial charge in [0, 0.05) is 12.6 Å². The summed E-state index contributed by atoms with van der Waals surface area (Å²) in [6, 6.07) is 3.18. The van der Waals surface area contributed by atoms with Crippen LogP contribution in [0.15, 0.2) is 35.8 Å². The largest absolute Gasteiger partial charge is 0.493 e. The van der Waals surface area contributed by atoms with Gasteiger partial charge in [0.05, 0.1) is 10.6 Å². The van der Waals surface area contributed by atoms with Crippen LogP contribution in [0.5, 0.6) is 5.88 Å². The average Bonchev–Trinajstić information content (AvgIpc) is 2.26. The minimum Gasteiger partial charge on any atom is -0.493 e. The minimum atomic E-state index is -0.329. The summed E-state index contributed by atoms with van der Waals surface area (Å²) in [4.78, 5) is 15.9. The van der Waals surface area contributed by atoms with Crippen LogP contribution in [0.3, 0.4) is 0 Å². The number of pyridine rings is 1. The van der Waals surface area contributed by atoms with Crippen LogP contribution in [0.1, 0.15) is 5.56 Å². The summed E-state index contributed by atoms with van der Waals surface area (Å²) in [6.45, 7) is 3.52. The summed E-state index contributed by atoms with van der Waals surface area (Å²) in [5.74, 6) is -0.257. The van der Waals surface area contributed by atoms with Crippen LogP contribution in [0.4, 0.5) is 0 Å². The van der Waals surface area contributed by atoms with E-state index in [4.69, 9.17) is 11.6 Å². The number of aromatic hydroxyl groups is 1. The highest BCUT2D eigenvalue weighted by molar-refractivity contribution is 6.30. The Morgan fingerprint density at radius 3 is 3.00 bits per heavy atom. The first kappa shape index (κ1) is 10.7. The molecule has 16 heavy (non-hydrogen) atoms. The van der Waals surface area contributed by atoms with Gasteiger partial charge in [0.25, 0.3) is 5.56 Å². The molecule has 0 aromatic carbocycles. The number of halogens is 1. The Kier molecular flexibility index (Phi) is 2.66. The smallest absolute Gasteiger partial charge is 0.265 e. The molecule has 0 saturated heterocycles. The zero-order valence-electron chi connectivity index (χ0n) is 8.35. The first-order chi connectivity index (χ1) is 7.63. The topological polar surface area (TPSA) is 54.6 Å². The Balaban J connectivity index is 2.85. The van der Waals surface area contributed by atoms with Crippen molar-refractivity contribution in [1.29, 1.82) is 0 Å². The van der Waals surface area contributed by atoms with Crippen LogP contribution < -0.4 is 5.56 Å². The Morgan fingerprint density at radius 2 is 2.31 bits per heavy atom. The van der Waals surface area contributed by atoms with E-state index in [2.05, 4.69) is 11.6 Å². The van der Waals surface area contributed by atoms with E-state index in [9.17, 15) is 9.90 Å². The maximum atomic E-state index is 11.9. The molecule has 2 aromatic rings. The summed E-state index contributed by atoms with van der Waals surface area (Å²) in [6.07, 6.45) is 3.28. The van der Waals surface area contributed by atoms with Crippen LogP contribution in [-0.2, 0) is 6.42 Å². The highest BCUT2D eigenvalue weighted by Crippen LogP contribution is 2.14. The summed E-state index contributed by atoms with van der Waals surface area (Å²) >= 11 is 5.79. The van der Waals surface area contributed by atoms with Gasteiger partial charge >= 0.3 is 0 Å². The molecule has 0 radical (unpaired) electrons. The van der Waals surface area contributed by atoms with E-state index >= 15 is 0 Å². The van der Waals surface area contributed by atoms with Crippen molar-refractivity contribution in [2.75, 3.05) is 0 Å². The lowest BCUT2D eigenvalue weighted by Crippen LogP contribution is -2.19. The average molecular weight is 237 g/mol. The van der Waals surface area contributed by atoms with Gasteiger partial charge in [-0.3, -0.25) is 9.20 Å². The van der Waals surface area contributed by atoms with Gasteiger partial charge in [0.2, 0.25) is 5.88 Å². The number of fused-ring (bicyclic) bond motifs is 1. The predicted octanol–water partition coefficient (Wildman–Crippen LogP) is 1.78. The number of hydrogen-bond acceptors (Lipinski definition) is 3. The quantitative estimate of drug-likeness (QED) is 0.809. The normalized spacial score (nSPS) is 10.6. The summed E-state index contributed by atoms with van der Waals surface area (Å²) in [5.41, 5.74) is 0.249. The zero-order chi connectivity index (χ0) is 11.7. The fraction of sp³-hybridized carbons (Fsp3) is 0.0909. The molecular formula is C11H9ClN2O2. The van der Waals surface area contributed by atoms with Crippen LogP contribution in [0.2, 0.25) is 5.02 Å². The zero-order valence-corrected chi connectivity index (χ0v) is 9.11. The molecule has 2 aromatic heterocycles. The van der Waals surface area contributed by atoms with Crippen LogP contribution in [-0.4, -0.2) is 14.5 Å². The second kappa shape index (κ2) is 3.98. The lowest BCUT2D eigenvalue weighted by atomic mass is 10.2. The first-order valence-electron chi connectivity index (χ1n) is 4.64. The number of allylic oxidation sites excluding steroid dienone is 1. The molecule has 1 N–H and O–H groups in total. The van der Waals surface area contributed by atoms with E-state index in [0.29, 0.717) is 10.7 Å². The molecule has 0 amide bonds. The highest BCUT2D eigenvalue weighted by Gasteiger charge is 2.10. The highest BCUT2D eigenvalue weighted by atomic mass is 35.5. The Morgan fingerprint density at radius 1 is 1.56 bits per heavy atom. The number of rotatable bonds is 2. The third kappa shape index (κ3) is 1.67. The summed E-state index contributed by atoms with van der Waals surface area (Å²) < 4.78 is 1.31. The lowest BCUT2D eigenvalue weighted by molar-refractivity contribution is 0.446. The van der Waals surface area contributed by atoms with Crippen molar-refractivity contribution < 1.29 is 5.11 Å². The van der Waals surface area contributed by atoms with Gasteiger partial charge in [0.15, 0.2) is 0 Å². The third-order valence-corrected chi connectivity index (χ3v) is 2.43. The Hall–Kier alpha value is -1.81. The first-order valence-corrected chi connectivity index (χ1v) is 5.02. The van der Waals surface area contributed by atoms with E-state index in [1.807, 2.05) is 0 Å². The van der Waals surface area contributed by atoms with Gasteiger partial charge in [0.1, 0.15) is 5.65 Å². The van der Waals surface area contributed by atoms with Gasteiger partial charge in [-0.25, -0.2) is 0 Å². The molecular weight excluding hydrogens is 228 g/mol. The molecule has 0 bridgehead atoms. The second-order valence-electron chi connectivity index (χ2n) is 3.29. The summed E-state index contributed by atoms with van der Waals surface area (Å²) in [7, 11) is 0. The molecule has 0 aliphatic rings. The number of nitrogens with zero attached hydrogens (tertiary/aromatic N) is 2. The summed E-state index contributed by atoms with van der Waals surface area (Å²) in [5, 5.41) is 10.0. The molecule has 82 valence electrons. The van der Waals surface area contributed by atoms with E-state index in [1.165, 1.54) is 16.7 Å². The molecule has 4 nitrogen and oxygen atoms in total. The van der Waals surface area contributed by atoms with Crippen molar-refractivity contribution in [3.8, 4) is 5.88 Å². The molecule has 0 spiro atoms. The molecule has 0 aliphatic carbocycles. The number of hydrogen-bond donors (Lipinski definition) is 1. The lowest BCUT2D eigenvalue weighted by Gasteiger charge is -2.05. The van der Waals surface area contributed by atoms with Gasteiger partial charge in [-0.2, -0.15) is 4.98 Å². The second-order valence-corrected chi connectivity index (χ2v) is 3.72. The molecule has 0 saturated carbocycles. The molecule has 0 atom stereocenters.